The lowest BCUT2D eigenvalue weighted by atomic mass is 9.95. The minimum absolute atomic E-state index is 0.0196. The number of hydrogen-bond donors (Lipinski definition) is 3. The number of anilines is 2. The molecule has 0 aromatic heterocycles. The molecular weight excluding hydrogens is 435 g/mol. The summed E-state index contributed by atoms with van der Waals surface area (Å²) in [5.74, 6) is -2.32. The Bertz CT molecular complexity index is 1200. The van der Waals surface area contributed by atoms with E-state index < -0.39 is 29.5 Å². The van der Waals surface area contributed by atoms with E-state index in [2.05, 4.69) is 10.6 Å². The topological polar surface area (TPSA) is 84.2 Å². The van der Waals surface area contributed by atoms with Crippen molar-refractivity contribution >= 4 is 46.4 Å². The minimum atomic E-state index is -0.817. The molecule has 0 saturated carbocycles. The molecule has 2 amide bonds. The highest BCUT2D eigenvalue weighted by Gasteiger charge is 2.34. The van der Waals surface area contributed by atoms with Crippen molar-refractivity contribution in [3.63, 3.8) is 0 Å². The van der Waals surface area contributed by atoms with Crippen LogP contribution in [0.3, 0.4) is 0 Å². The average Bonchev–Trinajstić information content (AvgIpc) is 2.99. The van der Waals surface area contributed by atoms with Gasteiger partial charge in [-0.2, -0.15) is 0 Å². The van der Waals surface area contributed by atoms with Crippen LogP contribution in [0.4, 0.5) is 20.2 Å². The van der Waals surface area contributed by atoms with Crippen LogP contribution in [0.1, 0.15) is 37.9 Å². The molecule has 0 bridgehead atoms. The zero-order chi connectivity index (χ0) is 21.6. The quantitative estimate of drug-likeness (QED) is 0.497. The zero-order valence-corrected chi connectivity index (χ0v) is 16.6. The molecule has 3 aromatic carbocycles. The molecule has 152 valence electrons. The Labute approximate surface area is 179 Å². The predicted octanol–water partition coefficient (Wildman–Crippen LogP) is 4.94. The maximum atomic E-state index is 13.8. The average molecular weight is 448 g/mol. The number of nitrogen functional groups attached to an aromatic ring is 1. The summed E-state index contributed by atoms with van der Waals surface area (Å²) in [5, 5.41) is 5.65. The van der Waals surface area contributed by atoms with E-state index in [1.165, 1.54) is 36.4 Å². The van der Waals surface area contributed by atoms with E-state index in [4.69, 9.17) is 28.9 Å². The van der Waals surface area contributed by atoms with Gasteiger partial charge in [-0.1, -0.05) is 23.2 Å². The van der Waals surface area contributed by atoms with Gasteiger partial charge in [0, 0.05) is 43.7 Å². The summed E-state index contributed by atoms with van der Waals surface area (Å²) >= 11 is 12.1. The van der Waals surface area contributed by atoms with Gasteiger partial charge in [0.2, 0.25) is 0 Å². The summed E-state index contributed by atoms with van der Waals surface area (Å²) in [4.78, 5) is 25.2. The van der Waals surface area contributed by atoms with E-state index in [9.17, 15) is 18.4 Å². The van der Waals surface area contributed by atoms with Gasteiger partial charge < -0.3 is 16.4 Å². The van der Waals surface area contributed by atoms with Gasteiger partial charge in [-0.05, 0) is 48.5 Å². The molecule has 0 radical (unpaired) electrons. The number of benzene rings is 3. The van der Waals surface area contributed by atoms with Crippen molar-refractivity contribution in [2.24, 2.45) is 0 Å². The van der Waals surface area contributed by atoms with Gasteiger partial charge in [-0.3, -0.25) is 9.59 Å². The normalized spacial score (nSPS) is 14.9. The molecule has 1 heterocycles. The molecule has 0 aliphatic carbocycles. The van der Waals surface area contributed by atoms with Crippen molar-refractivity contribution < 1.29 is 18.4 Å². The molecule has 4 rings (SSSR count). The van der Waals surface area contributed by atoms with Crippen LogP contribution in [-0.4, -0.2) is 11.8 Å². The highest BCUT2D eigenvalue weighted by atomic mass is 35.5. The van der Waals surface area contributed by atoms with Gasteiger partial charge in [0.25, 0.3) is 11.8 Å². The van der Waals surface area contributed by atoms with E-state index in [1.807, 2.05) is 0 Å². The molecule has 30 heavy (non-hydrogen) atoms. The number of nitrogens with two attached hydrogens (primary N) is 1. The van der Waals surface area contributed by atoms with Crippen LogP contribution >= 0.6 is 23.2 Å². The molecule has 1 aliphatic heterocycles. The molecule has 1 aliphatic rings. The molecule has 1 atom stereocenters. The van der Waals surface area contributed by atoms with Gasteiger partial charge in [-0.25, -0.2) is 8.78 Å². The fraction of sp³-hybridized carbons (Fsp3) is 0.0476. The summed E-state index contributed by atoms with van der Waals surface area (Å²) in [6.07, 6.45) is 0. The first kappa shape index (κ1) is 20.1. The second kappa shape index (κ2) is 7.59. The predicted molar refractivity (Wildman–Crippen MR) is 111 cm³/mol. The fourth-order valence-corrected chi connectivity index (χ4v) is 3.86. The van der Waals surface area contributed by atoms with Crippen molar-refractivity contribution in [1.82, 2.24) is 5.32 Å². The summed E-state index contributed by atoms with van der Waals surface area (Å²) in [5.41, 5.74) is 7.21. The smallest absolute Gasteiger partial charge is 0.255 e. The van der Waals surface area contributed by atoms with E-state index in [0.29, 0.717) is 11.1 Å². The molecule has 5 nitrogen and oxygen atoms in total. The van der Waals surface area contributed by atoms with Crippen LogP contribution in [0.25, 0.3) is 0 Å². The van der Waals surface area contributed by atoms with Crippen LogP contribution in [0.15, 0.2) is 48.5 Å². The maximum absolute atomic E-state index is 13.8. The van der Waals surface area contributed by atoms with Crippen LogP contribution in [-0.2, 0) is 0 Å². The van der Waals surface area contributed by atoms with Crippen LogP contribution < -0.4 is 16.4 Å². The number of halogens is 4. The third-order valence-electron chi connectivity index (χ3n) is 4.65. The van der Waals surface area contributed by atoms with E-state index in [0.717, 1.165) is 12.1 Å². The van der Waals surface area contributed by atoms with Gasteiger partial charge in [-0.15, -0.1) is 0 Å². The Morgan fingerprint density at radius 2 is 1.80 bits per heavy atom. The Morgan fingerprint density at radius 3 is 2.53 bits per heavy atom. The SMILES string of the molecule is Nc1cc(NC(=O)c2cc(F)cc(Cl)c2)c2c(c1)C(=O)NC2c1cc(F)ccc1Cl. The van der Waals surface area contributed by atoms with Gasteiger partial charge in [0.15, 0.2) is 0 Å². The van der Waals surface area contributed by atoms with Crippen LogP contribution in [0.2, 0.25) is 10.0 Å². The number of rotatable bonds is 3. The molecule has 0 fully saturated rings. The lowest BCUT2D eigenvalue weighted by Gasteiger charge is -2.18. The standard InChI is InChI=1S/C21H13Cl2F2N3O2/c22-10-3-9(4-12(25)5-10)20(29)27-17-8-13(26)7-15-18(17)19(28-21(15)30)14-6-11(24)1-2-16(14)23/h1-8,19H,26H2,(H,27,29)(H,28,30). The maximum Gasteiger partial charge on any atom is 0.255 e. The highest BCUT2D eigenvalue weighted by Crippen LogP contribution is 2.40. The lowest BCUT2D eigenvalue weighted by molar-refractivity contribution is 0.0959. The Kier molecular flexibility index (Phi) is 5.09. The summed E-state index contributed by atoms with van der Waals surface area (Å²) in [7, 11) is 0. The largest absolute Gasteiger partial charge is 0.399 e. The minimum Gasteiger partial charge on any atom is -0.399 e. The summed E-state index contributed by atoms with van der Waals surface area (Å²) < 4.78 is 27.5. The Balaban J connectivity index is 1.81. The second-order valence-electron chi connectivity index (χ2n) is 6.71. The monoisotopic (exact) mass is 447 g/mol. The van der Waals surface area contributed by atoms with Crippen molar-refractivity contribution in [1.29, 1.82) is 0 Å². The molecule has 0 spiro atoms. The van der Waals surface area contributed by atoms with Gasteiger partial charge >= 0.3 is 0 Å². The van der Waals surface area contributed by atoms with Crippen LogP contribution in [0, 0.1) is 11.6 Å². The first-order chi connectivity index (χ1) is 14.2. The molecule has 1 unspecified atom stereocenters. The van der Waals surface area contributed by atoms with Gasteiger partial charge in [0.05, 0.1) is 6.04 Å². The molecule has 0 saturated heterocycles. The molecular formula is C21H13Cl2F2N3O2. The first-order valence-electron chi connectivity index (χ1n) is 8.69. The van der Waals surface area contributed by atoms with Crippen molar-refractivity contribution in [2.45, 2.75) is 6.04 Å². The first-order valence-corrected chi connectivity index (χ1v) is 9.45. The number of fused-ring (bicyclic) bond motifs is 1. The van der Waals surface area contributed by atoms with Gasteiger partial charge in [0.1, 0.15) is 11.6 Å². The lowest BCUT2D eigenvalue weighted by Crippen LogP contribution is -2.21. The number of amides is 2. The van der Waals surface area contributed by atoms with E-state index >= 15 is 0 Å². The van der Waals surface area contributed by atoms with Crippen LogP contribution in [0.5, 0.6) is 0 Å². The van der Waals surface area contributed by atoms with E-state index in [-0.39, 0.29) is 32.5 Å². The third kappa shape index (κ3) is 3.69. The van der Waals surface area contributed by atoms with Crippen molar-refractivity contribution in [2.75, 3.05) is 11.1 Å². The summed E-state index contributed by atoms with van der Waals surface area (Å²) in [6.45, 7) is 0. The van der Waals surface area contributed by atoms with E-state index in [1.54, 1.807) is 0 Å². The molecule has 4 N–H and O–H groups in total. The highest BCUT2D eigenvalue weighted by molar-refractivity contribution is 6.31. The van der Waals surface area contributed by atoms with Crippen molar-refractivity contribution in [3.05, 3.63) is 92.5 Å². The second-order valence-corrected chi connectivity index (χ2v) is 7.56. The Morgan fingerprint density at radius 1 is 1.03 bits per heavy atom. The number of nitrogens with one attached hydrogen (secondary N) is 2. The number of carbonyl (C=O) groups excluding carboxylic acids is 2. The number of hydrogen-bond acceptors (Lipinski definition) is 3. The third-order valence-corrected chi connectivity index (χ3v) is 5.22. The fourth-order valence-electron chi connectivity index (χ4n) is 3.41. The number of carbonyl (C=O) groups is 2. The van der Waals surface area contributed by atoms with Crippen molar-refractivity contribution in [3.8, 4) is 0 Å². The summed E-state index contributed by atoms with van der Waals surface area (Å²) in [6, 6.07) is 9.27. The molecule has 9 heteroatoms. The Hall–Kier alpha value is -3.16. The molecule has 3 aromatic rings. The zero-order valence-electron chi connectivity index (χ0n) is 15.1.